The molecule has 182 valence electrons. The van der Waals surface area contributed by atoms with Crippen molar-refractivity contribution in [2.75, 3.05) is 19.6 Å². The number of carbonyl (C=O) groups is 1. The number of amides is 1. The molecule has 0 spiro atoms. The van der Waals surface area contributed by atoms with Gasteiger partial charge in [-0.3, -0.25) is 4.90 Å². The third-order valence-corrected chi connectivity index (χ3v) is 7.94. The number of rotatable bonds is 3. The molecule has 1 N–H and O–H groups in total. The third-order valence-electron chi connectivity index (χ3n) is 7.94. The molecule has 1 amide bonds. The quantitative estimate of drug-likeness (QED) is 0.578. The van der Waals surface area contributed by atoms with E-state index in [-0.39, 0.29) is 23.1 Å². The van der Waals surface area contributed by atoms with Gasteiger partial charge in [-0.1, -0.05) is 44.2 Å². The Morgan fingerprint density at radius 2 is 1.85 bits per heavy atom. The molecule has 2 aromatic carbocycles. The zero-order chi connectivity index (χ0) is 24.1. The van der Waals surface area contributed by atoms with Gasteiger partial charge in [0.2, 0.25) is 0 Å². The summed E-state index contributed by atoms with van der Waals surface area (Å²) in [6, 6.07) is 10.8. The highest BCUT2D eigenvalue weighted by molar-refractivity contribution is 5.71. The summed E-state index contributed by atoms with van der Waals surface area (Å²) in [4.78, 5) is 15.3. The molecule has 4 nitrogen and oxygen atoms in total. The first-order chi connectivity index (χ1) is 16.1. The Morgan fingerprint density at radius 1 is 1.12 bits per heavy atom. The van der Waals surface area contributed by atoms with Crippen LogP contribution in [0, 0.1) is 11.3 Å². The predicted molar refractivity (Wildman–Crippen MR) is 124 cm³/mol. The van der Waals surface area contributed by atoms with Gasteiger partial charge in [0.15, 0.2) is 0 Å². The van der Waals surface area contributed by atoms with E-state index in [1.807, 2.05) is 12.1 Å². The second kappa shape index (κ2) is 8.59. The van der Waals surface area contributed by atoms with Gasteiger partial charge in [0.25, 0.3) is 0 Å². The van der Waals surface area contributed by atoms with Gasteiger partial charge in [-0.05, 0) is 84.5 Å². The van der Waals surface area contributed by atoms with Crippen molar-refractivity contribution in [2.24, 2.45) is 11.3 Å². The molecule has 2 aromatic rings. The van der Waals surface area contributed by atoms with Crippen molar-refractivity contribution >= 4 is 6.09 Å². The van der Waals surface area contributed by atoms with E-state index in [2.05, 4.69) is 24.1 Å². The lowest BCUT2D eigenvalue weighted by molar-refractivity contribution is -0.137. The molecule has 1 unspecified atom stereocenters. The smallest absolute Gasteiger partial charge is 0.417 e. The van der Waals surface area contributed by atoms with Crippen molar-refractivity contribution in [3.63, 3.8) is 0 Å². The summed E-state index contributed by atoms with van der Waals surface area (Å²) in [6.07, 6.45) is -1.19. The highest BCUT2D eigenvalue weighted by Crippen LogP contribution is 2.46. The van der Waals surface area contributed by atoms with E-state index in [4.69, 9.17) is 4.74 Å². The molecule has 3 saturated heterocycles. The minimum atomic E-state index is -4.44. The number of aryl methyl sites for hydroxylation is 1. The number of ether oxygens (including phenoxy) is 1. The summed E-state index contributed by atoms with van der Waals surface area (Å²) < 4.78 is 46.8. The number of fused-ring (bicyclic) bond motifs is 4. The zero-order valence-electron chi connectivity index (χ0n) is 19.6. The molecule has 6 rings (SSSR count). The van der Waals surface area contributed by atoms with Crippen molar-refractivity contribution in [3.05, 3.63) is 59.2 Å². The Balaban J connectivity index is 1.43. The standard InChI is InChI=1S/C27H31F3N2O2/c1-26(2)12-9-17-7-8-19(20-5-3-4-6-22(20)27(28,29)30)15-21(17)24(26)31-25(33)34-23-16-32-13-10-18(23)11-14-32/h3-8,15,18,23-24H,9-14,16H2,1-2H3,(H,31,33)/t23-,24?/m1/s1. The van der Waals surface area contributed by atoms with E-state index in [1.165, 1.54) is 12.1 Å². The Bertz CT molecular complexity index is 1070. The zero-order valence-corrected chi connectivity index (χ0v) is 19.6. The maximum Gasteiger partial charge on any atom is 0.417 e. The molecule has 3 fully saturated rings. The number of nitrogens with zero attached hydrogens (tertiary/aromatic N) is 1. The summed E-state index contributed by atoms with van der Waals surface area (Å²) in [5.41, 5.74) is 1.66. The van der Waals surface area contributed by atoms with Gasteiger partial charge < -0.3 is 10.1 Å². The lowest BCUT2D eigenvalue weighted by Crippen LogP contribution is -2.53. The Hall–Kier alpha value is -2.54. The first-order valence-corrected chi connectivity index (χ1v) is 12.1. The minimum Gasteiger partial charge on any atom is -0.445 e. The fraction of sp³-hybridized carbons (Fsp3) is 0.519. The van der Waals surface area contributed by atoms with Crippen LogP contribution in [0.5, 0.6) is 0 Å². The first kappa shape index (κ1) is 23.2. The molecule has 7 heteroatoms. The second-order valence-electron chi connectivity index (χ2n) is 10.6. The fourth-order valence-corrected chi connectivity index (χ4v) is 5.87. The number of nitrogens with one attached hydrogen (secondary N) is 1. The molecule has 0 radical (unpaired) electrons. The van der Waals surface area contributed by atoms with Crippen molar-refractivity contribution in [3.8, 4) is 11.1 Å². The lowest BCUT2D eigenvalue weighted by Gasteiger charge is -2.44. The van der Waals surface area contributed by atoms with Gasteiger partial charge in [-0.15, -0.1) is 0 Å². The number of carbonyl (C=O) groups excluding carboxylic acids is 1. The second-order valence-corrected chi connectivity index (χ2v) is 10.6. The van der Waals surface area contributed by atoms with Crippen molar-refractivity contribution < 1.29 is 22.7 Å². The van der Waals surface area contributed by atoms with E-state index >= 15 is 0 Å². The Morgan fingerprint density at radius 3 is 2.53 bits per heavy atom. The number of alkyl carbamates (subject to hydrolysis) is 1. The van der Waals surface area contributed by atoms with Crippen LogP contribution in [0.1, 0.15) is 55.8 Å². The molecule has 0 aromatic heterocycles. The first-order valence-electron chi connectivity index (χ1n) is 12.1. The maximum absolute atomic E-state index is 13.7. The lowest BCUT2D eigenvalue weighted by atomic mass is 9.70. The van der Waals surface area contributed by atoms with Crippen LogP contribution >= 0.6 is 0 Å². The van der Waals surface area contributed by atoms with Crippen molar-refractivity contribution in [1.29, 1.82) is 0 Å². The van der Waals surface area contributed by atoms with Crippen LogP contribution < -0.4 is 5.32 Å². The molecule has 1 aliphatic carbocycles. The molecule has 2 bridgehead atoms. The van der Waals surface area contributed by atoms with Crippen LogP contribution in [0.2, 0.25) is 0 Å². The van der Waals surface area contributed by atoms with Crippen LogP contribution in [0.3, 0.4) is 0 Å². The van der Waals surface area contributed by atoms with E-state index in [0.717, 1.165) is 62.5 Å². The number of hydrogen-bond acceptors (Lipinski definition) is 3. The highest BCUT2D eigenvalue weighted by Gasteiger charge is 2.40. The van der Waals surface area contributed by atoms with Gasteiger partial charge in [0.05, 0.1) is 11.6 Å². The van der Waals surface area contributed by atoms with Gasteiger partial charge in [0, 0.05) is 6.54 Å². The van der Waals surface area contributed by atoms with E-state index < -0.39 is 17.8 Å². The maximum atomic E-state index is 13.7. The topological polar surface area (TPSA) is 41.6 Å². The number of benzene rings is 2. The van der Waals surface area contributed by atoms with Gasteiger partial charge in [-0.2, -0.15) is 13.2 Å². The minimum absolute atomic E-state index is 0.0985. The van der Waals surface area contributed by atoms with Gasteiger partial charge >= 0.3 is 12.3 Å². The number of piperidine rings is 3. The molecule has 3 heterocycles. The molecule has 4 aliphatic rings. The number of hydrogen-bond donors (Lipinski definition) is 1. The summed E-state index contributed by atoms with van der Waals surface area (Å²) in [7, 11) is 0. The van der Waals surface area contributed by atoms with Gasteiger partial charge in [0.1, 0.15) is 6.10 Å². The number of halogens is 3. The van der Waals surface area contributed by atoms with Crippen LogP contribution in [0.4, 0.5) is 18.0 Å². The summed E-state index contributed by atoms with van der Waals surface area (Å²) in [5, 5.41) is 3.09. The average molecular weight is 473 g/mol. The highest BCUT2D eigenvalue weighted by atomic mass is 19.4. The van der Waals surface area contributed by atoms with E-state index in [9.17, 15) is 18.0 Å². The molecular weight excluding hydrogens is 441 g/mol. The van der Waals surface area contributed by atoms with Gasteiger partial charge in [-0.25, -0.2) is 4.79 Å². The van der Waals surface area contributed by atoms with E-state index in [1.54, 1.807) is 12.1 Å². The molecule has 3 aliphatic heterocycles. The molecular formula is C27H31F3N2O2. The summed E-state index contributed by atoms with van der Waals surface area (Å²) in [5.74, 6) is 0.410. The molecule has 34 heavy (non-hydrogen) atoms. The van der Waals surface area contributed by atoms with Crippen LogP contribution in [-0.4, -0.2) is 36.7 Å². The monoisotopic (exact) mass is 472 g/mol. The normalized spacial score (nSPS) is 27.7. The predicted octanol–water partition coefficient (Wildman–Crippen LogP) is 6.21. The average Bonchev–Trinajstić information content (AvgIpc) is 2.81. The molecule has 0 saturated carbocycles. The molecule has 2 atom stereocenters. The Labute approximate surface area is 198 Å². The van der Waals surface area contributed by atoms with E-state index in [0.29, 0.717) is 11.5 Å². The Kier molecular flexibility index (Phi) is 5.87. The third kappa shape index (κ3) is 4.42. The van der Waals surface area contributed by atoms with Crippen molar-refractivity contribution in [1.82, 2.24) is 10.2 Å². The largest absolute Gasteiger partial charge is 0.445 e. The van der Waals surface area contributed by atoms with Crippen LogP contribution in [0.25, 0.3) is 11.1 Å². The fourth-order valence-electron chi connectivity index (χ4n) is 5.87. The number of alkyl halides is 3. The summed E-state index contributed by atoms with van der Waals surface area (Å²) >= 11 is 0. The summed E-state index contributed by atoms with van der Waals surface area (Å²) in [6.45, 7) is 7.09. The van der Waals surface area contributed by atoms with Crippen molar-refractivity contribution in [2.45, 2.75) is 57.9 Å². The SMILES string of the molecule is CC1(C)CCc2ccc(-c3ccccc3C(F)(F)F)cc2C1NC(=O)O[C@@H]1CN2CCC1CC2. The van der Waals surface area contributed by atoms with Crippen LogP contribution in [-0.2, 0) is 17.3 Å². The van der Waals surface area contributed by atoms with Crippen LogP contribution in [0.15, 0.2) is 42.5 Å².